The highest BCUT2D eigenvalue weighted by Gasteiger charge is 2.04. The second kappa shape index (κ2) is 7.56. The quantitative estimate of drug-likeness (QED) is 0.487. The Morgan fingerprint density at radius 2 is 2.07 bits per heavy atom. The zero-order chi connectivity index (χ0) is 11.0. The van der Waals surface area contributed by atoms with Crippen molar-refractivity contribution in [3.05, 3.63) is 11.6 Å². The molecule has 0 rings (SSSR count). The molecule has 0 fully saturated rings. The molecular weight excluding hydrogens is 180 g/mol. The predicted octanol–water partition coefficient (Wildman–Crippen LogP) is 2.17. The number of hydrogen-bond donors (Lipinski definition) is 0. The first kappa shape index (κ1) is 13.2. The van der Waals surface area contributed by atoms with Crippen LogP contribution in [0.3, 0.4) is 0 Å². The van der Waals surface area contributed by atoms with Gasteiger partial charge in [-0.2, -0.15) is 0 Å². The average molecular weight is 200 g/mol. The molecule has 82 valence electrons. The van der Waals surface area contributed by atoms with Crippen LogP contribution in [0.15, 0.2) is 11.6 Å². The SMILES string of the molecule is COCCC(C)COC(=O)C=C(C)C. The number of hydrogen-bond acceptors (Lipinski definition) is 3. The second-order valence-electron chi connectivity index (χ2n) is 3.74. The van der Waals surface area contributed by atoms with Crippen LogP contribution in [0.4, 0.5) is 0 Å². The maximum Gasteiger partial charge on any atom is 0.330 e. The third-order valence-corrected chi connectivity index (χ3v) is 1.73. The second-order valence-corrected chi connectivity index (χ2v) is 3.74. The van der Waals surface area contributed by atoms with Crippen molar-refractivity contribution < 1.29 is 14.3 Å². The molecule has 0 aromatic carbocycles. The zero-order valence-electron chi connectivity index (χ0n) is 9.50. The summed E-state index contributed by atoms with van der Waals surface area (Å²) in [5.41, 5.74) is 0.958. The van der Waals surface area contributed by atoms with E-state index in [9.17, 15) is 4.79 Å². The summed E-state index contributed by atoms with van der Waals surface area (Å²) in [5.74, 6) is 0.0960. The maximum absolute atomic E-state index is 11.1. The predicted molar refractivity (Wildman–Crippen MR) is 56.0 cm³/mol. The lowest BCUT2D eigenvalue weighted by Crippen LogP contribution is -2.12. The Hall–Kier alpha value is -0.830. The molecule has 0 aliphatic carbocycles. The molecule has 0 bridgehead atoms. The highest BCUT2D eigenvalue weighted by atomic mass is 16.5. The van der Waals surface area contributed by atoms with Gasteiger partial charge >= 0.3 is 5.97 Å². The van der Waals surface area contributed by atoms with E-state index in [0.29, 0.717) is 19.1 Å². The van der Waals surface area contributed by atoms with Crippen molar-refractivity contribution in [3.8, 4) is 0 Å². The number of esters is 1. The van der Waals surface area contributed by atoms with Crippen LogP contribution < -0.4 is 0 Å². The lowest BCUT2D eigenvalue weighted by Gasteiger charge is -2.10. The van der Waals surface area contributed by atoms with Gasteiger partial charge in [-0.1, -0.05) is 12.5 Å². The first-order chi connectivity index (χ1) is 6.56. The molecular formula is C11H20O3. The van der Waals surface area contributed by atoms with Gasteiger partial charge in [-0.05, 0) is 26.2 Å². The number of allylic oxidation sites excluding steroid dienone is 1. The molecule has 0 heterocycles. The highest BCUT2D eigenvalue weighted by molar-refractivity contribution is 5.82. The molecule has 0 aliphatic heterocycles. The molecule has 0 saturated carbocycles. The molecule has 14 heavy (non-hydrogen) atoms. The molecule has 0 aromatic rings. The van der Waals surface area contributed by atoms with Gasteiger partial charge in [-0.3, -0.25) is 0 Å². The largest absolute Gasteiger partial charge is 0.462 e. The van der Waals surface area contributed by atoms with Gasteiger partial charge in [0.2, 0.25) is 0 Å². The third kappa shape index (κ3) is 7.80. The van der Waals surface area contributed by atoms with Crippen molar-refractivity contribution in [2.24, 2.45) is 5.92 Å². The van der Waals surface area contributed by atoms with Crippen molar-refractivity contribution in [1.82, 2.24) is 0 Å². The Morgan fingerprint density at radius 3 is 2.57 bits per heavy atom. The van der Waals surface area contributed by atoms with Crippen LogP contribution in [0, 0.1) is 5.92 Å². The molecule has 3 heteroatoms. The van der Waals surface area contributed by atoms with E-state index in [-0.39, 0.29) is 5.97 Å². The third-order valence-electron chi connectivity index (χ3n) is 1.73. The van der Waals surface area contributed by atoms with Crippen LogP contribution in [0.5, 0.6) is 0 Å². The van der Waals surface area contributed by atoms with Crippen LogP contribution in [0.2, 0.25) is 0 Å². The molecule has 0 radical (unpaired) electrons. The first-order valence-electron chi connectivity index (χ1n) is 4.87. The topological polar surface area (TPSA) is 35.5 Å². The van der Waals surface area contributed by atoms with E-state index in [1.165, 1.54) is 6.08 Å². The van der Waals surface area contributed by atoms with Crippen LogP contribution in [-0.4, -0.2) is 26.3 Å². The van der Waals surface area contributed by atoms with Gasteiger partial charge in [-0.25, -0.2) is 4.79 Å². The summed E-state index contributed by atoms with van der Waals surface area (Å²) in [5, 5.41) is 0. The number of rotatable bonds is 6. The Balaban J connectivity index is 3.61. The Kier molecular flexibility index (Phi) is 7.11. The van der Waals surface area contributed by atoms with Gasteiger partial charge in [0.1, 0.15) is 0 Å². The summed E-state index contributed by atoms with van der Waals surface area (Å²) >= 11 is 0. The molecule has 1 unspecified atom stereocenters. The molecule has 0 aromatic heterocycles. The Labute approximate surface area is 86.1 Å². The number of methoxy groups -OCH3 is 1. The van der Waals surface area contributed by atoms with Gasteiger partial charge in [0, 0.05) is 19.8 Å². The number of carbonyl (C=O) groups excluding carboxylic acids is 1. The minimum absolute atomic E-state index is 0.255. The van der Waals surface area contributed by atoms with E-state index < -0.39 is 0 Å². The standard InChI is InChI=1S/C11H20O3/c1-9(2)7-11(12)14-8-10(3)5-6-13-4/h7,10H,5-6,8H2,1-4H3. The summed E-state index contributed by atoms with van der Waals surface area (Å²) in [7, 11) is 1.67. The van der Waals surface area contributed by atoms with Crippen LogP contribution in [0.1, 0.15) is 27.2 Å². The minimum atomic E-state index is -0.255. The van der Waals surface area contributed by atoms with E-state index in [0.717, 1.165) is 12.0 Å². The first-order valence-corrected chi connectivity index (χ1v) is 4.87. The van der Waals surface area contributed by atoms with E-state index in [1.807, 2.05) is 20.8 Å². The normalized spacial score (nSPS) is 12.0. The molecule has 0 N–H and O–H groups in total. The fourth-order valence-electron chi connectivity index (χ4n) is 0.904. The van der Waals surface area contributed by atoms with Crippen LogP contribution >= 0.6 is 0 Å². The molecule has 3 nitrogen and oxygen atoms in total. The van der Waals surface area contributed by atoms with Crippen molar-refractivity contribution in [2.45, 2.75) is 27.2 Å². The van der Waals surface area contributed by atoms with E-state index >= 15 is 0 Å². The van der Waals surface area contributed by atoms with Crippen molar-refractivity contribution in [2.75, 3.05) is 20.3 Å². The lowest BCUT2D eigenvalue weighted by atomic mass is 10.1. The van der Waals surface area contributed by atoms with Gasteiger partial charge in [0.15, 0.2) is 0 Å². The summed E-state index contributed by atoms with van der Waals surface area (Å²) in [6, 6.07) is 0. The van der Waals surface area contributed by atoms with Gasteiger partial charge in [0.25, 0.3) is 0 Å². The van der Waals surface area contributed by atoms with Gasteiger partial charge < -0.3 is 9.47 Å². The monoisotopic (exact) mass is 200 g/mol. The van der Waals surface area contributed by atoms with Crippen LogP contribution in [0.25, 0.3) is 0 Å². The molecule has 0 amide bonds. The van der Waals surface area contributed by atoms with E-state index in [4.69, 9.17) is 9.47 Å². The summed E-state index contributed by atoms with van der Waals surface area (Å²) in [6.07, 6.45) is 2.42. The smallest absolute Gasteiger partial charge is 0.330 e. The molecule has 0 aliphatic rings. The Morgan fingerprint density at radius 1 is 1.43 bits per heavy atom. The Bertz CT molecular complexity index is 193. The van der Waals surface area contributed by atoms with Gasteiger partial charge in [-0.15, -0.1) is 0 Å². The average Bonchev–Trinajstić information content (AvgIpc) is 2.10. The van der Waals surface area contributed by atoms with Crippen LogP contribution in [-0.2, 0) is 14.3 Å². The molecule has 1 atom stereocenters. The highest BCUT2D eigenvalue weighted by Crippen LogP contribution is 2.03. The fourth-order valence-corrected chi connectivity index (χ4v) is 0.904. The summed E-state index contributed by atoms with van der Waals surface area (Å²) < 4.78 is 9.97. The van der Waals surface area contributed by atoms with Crippen molar-refractivity contribution in [1.29, 1.82) is 0 Å². The summed E-state index contributed by atoms with van der Waals surface area (Å²) in [4.78, 5) is 11.1. The van der Waals surface area contributed by atoms with Crippen molar-refractivity contribution >= 4 is 5.97 Å². The number of ether oxygens (including phenoxy) is 2. The maximum atomic E-state index is 11.1. The van der Waals surface area contributed by atoms with Gasteiger partial charge in [0.05, 0.1) is 6.61 Å². The van der Waals surface area contributed by atoms with Crippen molar-refractivity contribution in [3.63, 3.8) is 0 Å². The molecule has 0 saturated heterocycles. The zero-order valence-corrected chi connectivity index (χ0v) is 9.50. The summed E-state index contributed by atoms with van der Waals surface area (Å²) in [6.45, 7) is 6.95. The fraction of sp³-hybridized carbons (Fsp3) is 0.727. The number of carbonyl (C=O) groups is 1. The van der Waals surface area contributed by atoms with E-state index in [2.05, 4.69) is 0 Å². The lowest BCUT2D eigenvalue weighted by molar-refractivity contribution is -0.139. The van der Waals surface area contributed by atoms with E-state index in [1.54, 1.807) is 7.11 Å². The minimum Gasteiger partial charge on any atom is -0.462 e. The molecule has 0 spiro atoms.